The standard InChI is InChI=1S/C21H24N2O3/c1-23(19-13-7-9-15-8-3-4-10-16(15)19)14-20(24)22-18-12-6-5-11-17(18)21(25)26-2/h3-6,8,10-12,19H,7,9,13-14H2,1-2H3,(H,22,24)/p+1/t19-/m0/s1. The van der Waals surface area contributed by atoms with Gasteiger partial charge in [-0.05, 0) is 30.5 Å². The van der Waals surface area contributed by atoms with E-state index in [1.165, 1.54) is 18.2 Å². The van der Waals surface area contributed by atoms with Crippen LogP contribution in [0.5, 0.6) is 0 Å². The number of likely N-dealkylation sites (N-methyl/N-ethyl adjacent to an activating group) is 1. The van der Waals surface area contributed by atoms with E-state index in [0.29, 0.717) is 23.8 Å². The third kappa shape index (κ3) is 3.94. The normalized spacial score (nSPS) is 17.1. The lowest BCUT2D eigenvalue weighted by atomic mass is 9.87. The molecule has 2 aromatic carbocycles. The van der Waals surface area contributed by atoms with Crippen LogP contribution in [0.2, 0.25) is 0 Å². The number of aryl methyl sites for hydroxylation is 1. The average Bonchev–Trinajstić information content (AvgIpc) is 2.67. The first-order valence-corrected chi connectivity index (χ1v) is 8.97. The molecule has 0 bridgehead atoms. The van der Waals surface area contributed by atoms with Crippen LogP contribution in [0.15, 0.2) is 48.5 Å². The second-order valence-electron chi connectivity index (χ2n) is 6.75. The van der Waals surface area contributed by atoms with E-state index in [9.17, 15) is 9.59 Å². The maximum atomic E-state index is 12.6. The summed E-state index contributed by atoms with van der Waals surface area (Å²) in [5.41, 5.74) is 3.59. The molecule has 1 aliphatic carbocycles. The van der Waals surface area contributed by atoms with Crippen LogP contribution < -0.4 is 10.2 Å². The summed E-state index contributed by atoms with van der Waals surface area (Å²) in [4.78, 5) is 25.6. The van der Waals surface area contributed by atoms with E-state index >= 15 is 0 Å². The van der Waals surface area contributed by atoms with E-state index in [1.807, 2.05) is 0 Å². The van der Waals surface area contributed by atoms with Crippen LogP contribution in [0.4, 0.5) is 5.69 Å². The first-order valence-electron chi connectivity index (χ1n) is 8.97. The molecule has 0 heterocycles. The Hall–Kier alpha value is -2.66. The molecule has 26 heavy (non-hydrogen) atoms. The Morgan fingerprint density at radius 2 is 1.88 bits per heavy atom. The van der Waals surface area contributed by atoms with Gasteiger partial charge in [0.05, 0.1) is 25.4 Å². The van der Waals surface area contributed by atoms with Gasteiger partial charge in [-0.15, -0.1) is 0 Å². The Morgan fingerprint density at radius 3 is 2.69 bits per heavy atom. The molecule has 2 atom stereocenters. The first-order chi connectivity index (χ1) is 12.6. The maximum absolute atomic E-state index is 12.6. The largest absolute Gasteiger partial charge is 0.465 e. The number of benzene rings is 2. The highest BCUT2D eigenvalue weighted by Gasteiger charge is 2.28. The lowest BCUT2D eigenvalue weighted by molar-refractivity contribution is -0.905. The molecule has 3 rings (SSSR count). The van der Waals surface area contributed by atoms with E-state index in [4.69, 9.17) is 4.74 Å². The highest BCUT2D eigenvalue weighted by molar-refractivity contribution is 6.01. The number of methoxy groups -OCH3 is 1. The zero-order valence-corrected chi connectivity index (χ0v) is 15.2. The van der Waals surface area contributed by atoms with E-state index < -0.39 is 5.97 Å². The molecule has 0 aliphatic heterocycles. The van der Waals surface area contributed by atoms with Gasteiger partial charge in [0.25, 0.3) is 5.91 Å². The Morgan fingerprint density at radius 1 is 1.15 bits per heavy atom. The average molecular weight is 353 g/mol. The van der Waals surface area contributed by atoms with Crippen molar-refractivity contribution in [2.45, 2.75) is 25.3 Å². The van der Waals surface area contributed by atoms with Gasteiger partial charge in [0, 0.05) is 12.0 Å². The molecular formula is C21H25N2O3+. The molecule has 1 unspecified atom stereocenters. The van der Waals surface area contributed by atoms with Gasteiger partial charge in [-0.1, -0.05) is 36.4 Å². The van der Waals surface area contributed by atoms with Gasteiger partial charge in [0.1, 0.15) is 6.04 Å². The fraction of sp³-hybridized carbons (Fsp3) is 0.333. The number of carbonyl (C=O) groups is 2. The number of rotatable bonds is 5. The second kappa shape index (κ2) is 8.15. The first kappa shape index (κ1) is 18.1. The Kier molecular flexibility index (Phi) is 5.68. The highest BCUT2D eigenvalue weighted by Crippen LogP contribution is 2.27. The summed E-state index contributed by atoms with van der Waals surface area (Å²) >= 11 is 0. The number of carbonyl (C=O) groups excluding carboxylic acids is 2. The van der Waals surface area contributed by atoms with Crippen molar-refractivity contribution in [2.75, 3.05) is 26.0 Å². The fourth-order valence-electron chi connectivity index (χ4n) is 3.72. The molecule has 0 aromatic heterocycles. The summed E-state index contributed by atoms with van der Waals surface area (Å²) in [5.74, 6) is -0.565. The number of hydrogen-bond acceptors (Lipinski definition) is 3. The van der Waals surface area contributed by atoms with Crippen molar-refractivity contribution in [3.63, 3.8) is 0 Å². The molecule has 2 N–H and O–H groups in total. The van der Waals surface area contributed by atoms with Crippen LogP contribution in [0.25, 0.3) is 0 Å². The van der Waals surface area contributed by atoms with Crippen molar-refractivity contribution in [3.05, 3.63) is 65.2 Å². The van der Waals surface area contributed by atoms with Crippen LogP contribution in [-0.2, 0) is 16.0 Å². The monoisotopic (exact) mass is 353 g/mol. The van der Waals surface area contributed by atoms with Crippen molar-refractivity contribution in [3.8, 4) is 0 Å². The van der Waals surface area contributed by atoms with Crippen molar-refractivity contribution in [1.82, 2.24) is 0 Å². The summed E-state index contributed by atoms with van der Waals surface area (Å²) in [5, 5.41) is 2.86. The predicted octanol–water partition coefficient (Wildman–Crippen LogP) is 2.00. The van der Waals surface area contributed by atoms with Gasteiger partial charge in [-0.3, -0.25) is 4.79 Å². The molecular weight excluding hydrogens is 328 g/mol. The number of quaternary nitrogens is 1. The summed E-state index contributed by atoms with van der Waals surface area (Å²) in [6, 6.07) is 15.7. The van der Waals surface area contributed by atoms with Crippen LogP contribution in [0.3, 0.4) is 0 Å². The number of amides is 1. The quantitative estimate of drug-likeness (QED) is 0.809. The lowest BCUT2D eigenvalue weighted by Crippen LogP contribution is -3.10. The Balaban J connectivity index is 1.69. The van der Waals surface area contributed by atoms with Crippen molar-refractivity contribution < 1.29 is 19.2 Å². The molecule has 1 aliphatic rings. The van der Waals surface area contributed by atoms with E-state index in [1.54, 1.807) is 24.3 Å². The number of ether oxygens (including phenoxy) is 1. The number of hydrogen-bond donors (Lipinski definition) is 2. The summed E-state index contributed by atoms with van der Waals surface area (Å²) in [7, 11) is 3.39. The van der Waals surface area contributed by atoms with E-state index in [2.05, 4.69) is 36.6 Å². The van der Waals surface area contributed by atoms with Gasteiger partial charge < -0.3 is 15.0 Å². The zero-order chi connectivity index (χ0) is 18.5. The minimum Gasteiger partial charge on any atom is -0.465 e. The fourth-order valence-corrected chi connectivity index (χ4v) is 3.72. The van der Waals surface area contributed by atoms with Crippen LogP contribution in [0.1, 0.15) is 40.4 Å². The molecule has 1 amide bonds. The smallest absolute Gasteiger partial charge is 0.339 e. The summed E-state index contributed by atoms with van der Waals surface area (Å²) in [6.07, 6.45) is 3.33. The lowest BCUT2D eigenvalue weighted by Gasteiger charge is -2.30. The molecule has 0 saturated heterocycles. The number of anilines is 1. The highest BCUT2D eigenvalue weighted by atomic mass is 16.5. The number of nitrogens with one attached hydrogen (secondary N) is 2. The minimum atomic E-state index is -0.456. The van der Waals surface area contributed by atoms with Gasteiger partial charge in [0.2, 0.25) is 0 Å². The van der Waals surface area contributed by atoms with Gasteiger partial charge in [0.15, 0.2) is 6.54 Å². The zero-order valence-electron chi connectivity index (χ0n) is 15.2. The van der Waals surface area contributed by atoms with Crippen molar-refractivity contribution in [1.29, 1.82) is 0 Å². The molecule has 0 saturated carbocycles. The van der Waals surface area contributed by atoms with Gasteiger partial charge in [-0.2, -0.15) is 0 Å². The van der Waals surface area contributed by atoms with Crippen LogP contribution in [0, 0.1) is 0 Å². The molecule has 0 fully saturated rings. The molecule has 0 spiro atoms. The molecule has 5 heteroatoms. The molecule has 2 aromatic rings. The SMILES string of the molecule is COC(=O)c1ccccc1NC(=O)C[NH+](C)[C@H]1CCCc2ccccc21. The Bertz CT molecular complexity index is 803. The third-order valence-electron chi connectivity index (χ3n) is 5.01. The number of esters is 1. The van der Waals surface area contributed by atoms with Gasteiger partial charge in [-0.25, -0.2) is 4.79 Å². The molecule has 5 nitrogen and oxygen atoms in total. The number of fused-ring (bicyclic) bond motifs is 1. The van der Waals surface area contributed by atoms with Crippen molar-refractivity contribution in [2.24, 2.45) is 0 Å². The van der Waals surface area contributed by atoms with E-state index in [-0.39, 0.29) is 5.91 Å². The second-order valence-corrected chi connectivity index (χ2v) is 6.75. The molecule has 136 valence electrons. The van der Waals surface area contributed by atoms with Gasteiger partial charge >= 0.3 is 5.97 Å². The Labute approximate surface area is 154 Å². The van der Waals surface area contributed by atoms with Crippen molar-refractivity contribution >= 4 is 17.6 Å². The van der Waals surface area contributed by atoms with Crippen LogP contribution in [-0.4, -0.2) is 32.6 Å². The maximum Gasteiger partial charge on any atom is 0.339 e. The number of para-hydroxylation sites is 1. The van der Waals surface area contributed by atoms with E-state index in [0.717, 1.165) is 24.2 Å². The summed E-state index contributed by atoms with van der Waals surface area (Å²) < 4.78 is 4.78. The van der Waals surface area contributed by atoms with Crippen LogP contribution >= 0.6 is 0 Å². The summed E-state index contributed by atoms with van der Waals surface area (Å²) in [6.45, 7) is 0.342. The topological polar surface area (TPSA) is 59.8 Å². The predicted molar refractivity (Wildman–Crippen MR) is 100 cm³/mol. The minimum absolute atomic E-state index is 0.109. The molecule has 0 radical (unpaired) electrons. The third-order valence-corrected chi connectivity index (χ3v) is 5.01.